The number of rotatable bonds is 3. The number of hydrogen-bond acceptors (Lipinski definition) is 3. The van der Waals surface area contributed by atoms with Gasteiger partial charge in [-0.1, -0.05) is 17.7 Å². The van der Waals surface area contributed by atoms with Crippen molar-refractivity contribution in [3.63, 3.8) is 0 Å². The lowest BCUT2D eigenvalue weighted by Gasteiger charge is -2.12. The number of sulfonamides is 1. The predicted molar refractivity (Wildman–Crippen MR) is 95.4 cm³/mol. The maximum absolute atomic E-state index is 12.8. The molecule has 0 saturated carbocycles. The van der Waals surface area contributed by atoms with Crippen molar-refractivity contribution >= 4 is 38.3 Å². The number of nitrogens with zero attached hydrogens (tertiary/aromatic N) is 2. The number of hydrogen-bond donors (Lipinski definition) is 1. The van der Waals surface area contributed by atoms with E-state index in [2.05, 4.69) is 4.72 Å². The normalized spacial score (nSPS) is 12.5. The zero-order valence-corrected chi connectivity index (χ0v) is 15.6. The summed E-state index contributed by atoms with van der Waals surface area (Å²) < 4.78 is 68.4. The number of halogens is 4. The Kier molecular flexibility index (Phi) is 4.51. The molecule has 0 fully saturated rings. The van der Waals surface area contributed by atoms with E-state index in [9.17, 15) is 26.4 Å². The fourth-order valence-corrected chi connectivity index (χ4v) is 4.27. The van der Waals surface area contributed by atoms with Crippen LogP contribution in [-0.2, 0) is 30.3 Å². The summed E-state index contributed by atoms with van der Waals surface area (Å²) >= 11 is 6.07. The van der Waals surface area contributed by atoms with Crippen LogP contribution in [0.3, 0.4) is 0 Å². The van der Waals surface area contributed by atoms with Gasteiger partial charge in [-0.2, -0.15) is 13.2 Å². The molecule has 11 heteroatoms. The summed E-state index contributed by atoms with van der Waals surface area (Å²) in [5, 5.41) is -0.164. The fraction of sp³-hybridized carbons (Fsp3) is 0.188. The fourth-order valence-electron chi connectivity index (χ4n) is 2.68. The molecule has 3 rings (SSSR count). The van der Waals surface area contributed by atoms with Crippen LogP contribution in [0.5, 0.6) is 0 Å². The van der Waals surface area contributed by atoms with Crippen LogP contribution in [-0.4, -0.2) is 17.6 Å². The van der Waals surface area contributed by atoms with Crippen molar-refractivity contribution < 1.29 is 21.6 Å². The van der Waals surface area contributed by atoms with Crippen LogP contribution in [0.1, 0.15) is 5.56 Å². The van der Waals surface area contributed by atoms with Crippen LogP contribution >= 0.6 is 11.6 Å². The number of alkyl halides is 3. The average Bonchev–Trinajstić information content (AvgIpc) is 2.77. The third kappa shape index (κ3) is 3.42. The Balaban J connectivity index is 2.09. The van der Waals surface area contributed by atoms with E-state index >= 15 is 0 Å². The van der Waals surface area contributed by atoms with Crippen LogP contribution < -0.4 is 10.4 Å². The van der Waals surface area contributed by atoms with Gasteiger partial charge in [0.1, 0.15) is 4.90 Å². The molecule has 6 nitrogen and oxygen atoms in total. The van der Waals surface area contributed by atoms with Gasteiger partial charge in [0, 0.05) is 19.8 Å². The molecule has 2 aromatic carbocycles. The van der Waals surface area contributed by atoms with Crippen molar-refractivity contribution in [1.82, 2.24) is 9.13 Å². The molecule has 0 atom stereocenters. The highest BCUT2D eigenvalue weighted by Crippen LogP contribution is 2.32. The SMILES string of the molecule is Cn1c(=O)n(C)c2cc(S(=O)(=O)Nc3cccc(C(F)(F)F)c3)c(Cl)cc21. The Morgan fingerprint density at radius 3 is 2.22 bits per heavy atom. The van der Waals surface area contributed by atoms with E-state index in [0.29, 0.717) is 17.1 Å². The highest BCUT2D eigenvalue weighted by Gasteiger charge is 2.31. The summed E-state index contributed by atoms with van der Waals surface area (Å²) in [6, 6.07) is 6.32. The van der Waals surface area contributed by atoms with Crippen LogP contribution in [0.4, 0.5) is 18.9 Å². The molecule has 0 radical (unpaired) electrons. The molecule has 27 heavy (non-hydrogen) atoms. The van der Waals surface area contributed by atoms with E-state index in [1.165, 1.54) is 41.4 Å². The van der Waals surface area contributed by atoms with E-state index in [1.807, 2.05) is 0 Å². The predicted octanol–water partition coefficient (Wildman–Crippen LogP) is 3.35. The summed E-state index contributed by atoms with van der Waals surface area (Å²) in [5.74, 6) is 0. The molecule has 3 aromatic rings. The molecule has 0 aliphatic heterocycles. The second-order valence-electron chi connectivity index (χ2n) is 5.86. The van der Waals surface area contributed by atoms with Crippen molar-refractivity contribution in [3.05, 3.63) is 57.5 Å². The molecule has 0 bridgehead atoms. The van der Waals surface area contributed by atoms with Gasteiger partial charge in [0.15, 0.2) is 0 Å². The number of imidazole rings is 1. The van der Waals surface area contributed by atoms with Crippen molar-refractivity contribution in [1.29, 1.82) is 0 Å². The number of fused-ring (bicyclic) bond motifs is 1. The molecule has 0 aliphatic carbocycles. The maximum atomic E-state index is 12.8. The molecule has 1 N–H and O–H groups in total. The topological polar surface area (TPSA) is 73.1 Å². The largest absolute Gasteiger partial charge is 0.416 e. The lowest BCUT2D eigenvalue weighted by atomic mass is 10.2. The lowest BCUT2D eigenvalue weighted by molar-refractivity contribution is -0.137. The van der Waals surface area contributed by atoms with Crippen molar-refractivity contribution in [3.8, 4) is 0 Å². The van der Waals surface area contributed by atoms with Gasteiger partial charge in [-0.05, 0) is 30.3 Å². The van der Waals surface area contributed by atoms with Gasteiger partial charge in [0.05, 0.1) is 21.6 Å². The number of aryl methyl sites for hydroxylation is 2. The average molecular weight is 420 g/mol. The Bertz CT molecular complexity index is 1210. The summed E-state index contributed by atoms with van der Waals surface area (Å²) in [7, 11) is -1.31. The first-order valence-electron chi connectivity index (χ1n) is 7.47. The Morgan fingerprint density at radius 2 is 1.63 bits per heavy atom. The third-order valence-corrected chi connectivity index (χ3v) is 5.90. The minimum atomic E-state index is -4.61. The van der Waals surface area contributed by atoms with Crippen LogP contribution in [0.2, 0.25) is 5.02 Å². The molecule has 0 unspecified atom stereocenters. The molecule has 0 amide bonds. The van der Waals surface area contributed by atoms with Gasteiger partial charge in [0.25, 0.3) is 10.0 Å². The van der Waals surface area contributed by atoms with Gasteiger partial charge in [-0.25, -0.2) is 13.2 Å². The van der Waals surface area contributed by atoms with E-state index in [1.54, 1.807) is 0 Å². The quantitative estimate of drug-likeness (QED) is 0.707. The van der Waals surface area contributed by atoms with E-state index in [0.717, 1.165) is 12.1 Å². The van der Waals surface area contributed by atoms with Crippen molar-refractivity contribution in [2.24, 2.45) is 14.1 Å². The third-order valence-electron chi connectivity index (χ3n) is 4.06. The van der Waals surface area contributed by atoms with Gasteiger partial charge in [-0.15, -0.1) is 0 Å². The second-order valence-corrected chi connectivity index (χ2v) is 7.91. The van der Waals surface area contributed by atoms with Gasteiger partial charge in [-0.3, -0.25) is 13.9 Å². The minimum Gasteiger partial charge on any atom is -0.295 e. The van der Waals surface area contributed by atoms with E-state index in [-0.39, 0.29) is 21.3 Å². The number of benzene rings is 2. The monoisotopic (exact) mass is 419 g/mol. The number of aromatic nitrogens is 2. The highest BCUT2D eigenvalue weighted by molar-refractivity contribution is 7.92. The Morgan fingerprint density at radius 1 is 1.04 bits per heavy atom. The van der Waals surface area contributed by atoms with E-state index in [4.69, 9.17) is 11.6 Å². The van der Waals surface area contributed by atoms with Crippen LogP contribution in [0.15, 0.2) is 46.1 Å². The Labute approximate surface area is 156 Å². The van der Waals surface area contributed by atoms with Gasteiger partial charge >= 0.3 is 11.9 Å². The molecule has 0 saturated heterocycles. The molecule has 1 heterocycles. The van der Waals surface area contributed by atoms with Gasteiger partial charge in [0.2, 0.25) is 0 Å². The first-order chi connectivity index (χ1) is 12.4. The van der Waals surface area contributed by atoms with Crippen LogP contribution in [0, 0.1) is 0 Å². The summed E-state index contributed by atoms with van der Waals surface area (Å²) in [6.45, 7) is 0. The maximum Gasteiger partial charge on any atom is 0.416 e. The van der Waals surface area contributed by atoms with E-state index < -0.39 is 21.8 Å². The second kappa shape index (κ2) is 6.31. The Hall–Kier alpha value is -2.46. The first-order valence-corrected chi connectivity index (χ1v) is 9.33. The lowest BCUT2D eigenvalue weighted by Crippen LogP contribution is -2.19. The molecular weight excluding hydrogens is 407 g/mol. The molecular formula is C16H13ClF3N3O3S. The number of nitrogens with one attached hydrogen (secondary N) is 1. The highest BCUT2D eigenvalue weighted by atomic mass is 35.5. The number of anilines is 1. The standard InChI is InChI=1S/C16H13ClF3N3O3S/c1-22-12-7-11(17)14(8-13(12)23(2)15(22)24)27(25,26)21-10-5-3-4-9(6-10)16(18,19)20/h3-8,21H,1-2H3. The molecule has 0 spiro atoms. The summed E-state index contributed by atoms with van der Waals surface area (Å²) in [4.78, 5) is 11.6. The first kappa shape index (κ1) is 19.3. The smallest absolute Gasteiger partial charge is 0.295 e. The minimum absolute atomic E-state index is 0.164. The molecule has 0 aliphatic rings. The summed E-state index contributed by atoms with van der Waals surface area (Å²) in [5.41, 5.74) is -0.888. The summed E-state index contributed by atoms with van der Waals surface area (Å²) in [6.07, 6.45) is -4.61. The zero-order valence-electron chi connectivity index (χ0n) is 14.0. The molecule has 1 aromatic heterocycles. The van der Waals surface area contributed by atoms with Crippen molar-refractivity contribution in [2.45, 2.75) is 11.1 Å². The zero-order chi connectivity index (χ0) is 20.1. The van der Waals surface area contributed by atoms with Crippen molar-refractivity contribution in [2.75, 3.05) is 4.72 Å². The molecule has 144 valence electrons. The van der Waals surface area contributed by atoms with Gasteiger partial charge < -0.3 is 0 Å². The van der Waals surface area contributed by atoms with Crippen LogP contribution in [0.25, 0.3) is 11.0 Å².